The fourth-order valence-corrected chi connectivity index (χ4v) is 3.98. The standard InChI is InChI=1S/C21H26N4O4/c1-3-19(26)23-8-6-16(7-9-23)21(27)24-10-4-15(5-11-24)17-12-14(2)20(22)18(13-17)25(28)29/h3-4,12-13,16H,1,5-11,22H2,2H3. The molecule has 3 rings (SSSR count). The van der Waals surface area contributed by atoms with Gasteiger partial charge in [-0.3, -0.25) is 19.7 Å². The van der Waals surface area contributed by atoms with Gasteiger partial charge in [-0.15, -0.1) is 0 Å². The average Bonchev–Trinajstić information content (AvgIpc) is 2.74. The van der Waals surface area contributed by atoms with Crippen molar-refractivity contribution in [2.75, 3.05) is 31.9 Å². The zero-order valence-corrected chi connectivity index (χ0v) is 16.6. The van der Waals surface area contributed by atoms with Gasteiger partial charge in [-0.05, 0) is 55.0 Å². The van der Waals surface area contributed by atoms with Crippen molar-refractivity contribution < 1.29 is 14.5 Å². The molecule has 0 unspecified atom stereocenters. The number of piperidine rings is 1. The third kappa shape index (κ3) is 4.31. The summed E-state index contributed by atoms with van der Waals surface area (Å²) in [7, 11) is 0. The fraction of sp³-hybridized carbons (Fsp3) is 0.429. The van der Waals surface area contributed by atoms with Gasteiger partial charge in [0.1, 0.15) is 5.69 Å². The fourth-order valence-electron chi connectivity index (χ4n) is 3.98. The molecule has 0 bridgehead atoms. The smallest absolute Gasteiger partial charge is 0.292 e. The van der Waals surface area contributed by atoms with Gasteiger partial charge in [0.05, 0.1) is 4.92 Å². The minimum atomic E-state index is -0.464. The Bertz CT molecular complexity index is 885. The van der Waals surface area contributed by atoms with Crippen molar-refractivity contribution in [2.45, 2.75) is 26.2 Å². The van der Waals surface area contributed by atoms with Crippen LogP contribution in [0.5, 0.6) is 0 Å². The lowest BCUT2D eigenvalue weighted by Gasteiger charge is -2.35. The Labute approximate surface area is 169 Å². The van der Waals surface area contributed by atoms with E-state index < -0.39 is 4.92 Å². The van der Waals surface area contributed by atoms with E-state index in [0.717, 1.165) is 11.1 Å². The second kappa shape index (κ2) is 8.46. The first kappa shape index (κ1) is 20.6. The molecule has 2 amide bonds. The molecule has 1 fully saturated rings. The molecule has 154 valence electrons. The number of nitrogens with zero attached hydrogens (tertiary/aromatic N) is 3. The molecule has 0 spiro atoms. The quantitative estimate of drug-likeness (QED) is 0.363. The Morgan fingerprint density at radius 1 is 1.24 bits per heavy atom. The van der Waals surface area contributed by atoms with Gasteiger partial charge in [-0.2, -0.15) is 0 Å². The van der Waals surface area contributed by atoms with E-state index in [-0.39, 0.29) is 29.1 Å². The van der Waals surface area contributed by atoms with Crippen LogP contribution in [0.25, 0.3) is 5.57 Å². The largest absolute Gasteiger partial charge is 0.393 e. The van der Waals surface area contributed by atoms with Crippen LogP contribution < -0.4 is 5.73 Å². The van der Waals surface area contributed by atoms with Crippen LogP contribution in [0.15, 0.2) is 30.9 Å². The van der Waals surface area contributed by atoms with E-state index in [1.165, 1.54) is 12.1 Å². The molecule has 8 nitrogen and oxygen atoms in total. The highest BCUT2D eigenvalue weighted by Crippen LogP contribution is 2.32. The lowest BCUT2D eigenvalue weighted by molar-refractivity contribution is -0.383. The Kier molecular flexibility index (Phi) is 6.00. The van der Waals surface area contributed by atoms with Gasteiger partial charge in [0.2, 0.25) is 11.8 Å². The summed E-state index contributed by atoms with van der Waals surface area (Å²) in [5.41, 5.74) is 8.38. The van der Waals surface area contributed by atoms with E-state index >= 15 is 0 Å². The van der Waals surface area contributed by atoms with Crippen LogP contribution in [-0.2, 0) is 9.59 Å². The van der Waals surface area contributed by atoms with Crippen molar-refractivity contribution in [2.24, 2.45) is 5.92 Å². The molecule has 8 heteroatoms. The second-order valence-corrected chi connectivity index (χ2v) is 7.55. The summed E-state index contributed by atoms with van der Waals surface area (Å²) in [6, 6.07) is 3.37. The summed E-state index contributed by atoms with van der Waals surface area (Å²) in [4.78, 5) is 38.9. The maximum atomic E-state index is 12.9. The molecule has 29 heavy (non-hydrogen) atoms. The summed E-state index contributed by atoms with van der Waals surface area (Å²) >= 11 is 0. The highest BCUT2D eigenvalue weighted by atomic mass is 16.6. The van der Waals surface area contributed by atoms with Gasteiger partial charge in [0, 0.05) is 38.2 Å². The number of aryl methyl sites for hydroxylation is 1. The Morgan fingerprint density at radius 3 is 2.48 bits per heavy atom. The number of hydrogen-bond donors (Lipinski definition) is 1. The highest BCUT2D eigenvalue weighted by Gasteiger charge is 2.30. The van der Waals surface area contributed by atoms with E-state index in [9.17, 15) is 19.7 Å². The number of anilines is 1. The minimum Gasteiger partial charge on any atom is -0.393 e. The van der Waals surface area contributed by atoms with E-state index in [4.69, 9.17) is 5.73 Å². The number of carbonyl (C=O) groups is 2. The molecule has 0 aliphatic carbocycles. The average molecular weight is 398 g/mol. The third-order valence-corrected chi connectivity index (χ3v) is 5.78. The molecule has 0 radical (unpaired) electrons. The normalized spacial score (nSPS) is 17.6. The zero-order valence-electron chi connectivity index (χ0n) is 16.6. The number of rotatable bonds is 4. The maximum Gasteiger partial charge on any atom is 0.292 e. The molecule has 2 heterocycles. The molecule has 0 atom stereocenters. The summed E-state index contributed by atoms with van der Waals surface area (Å²) in [5.74, 6) is -0.0431. The number of carbonyl (C=O) groups excluding carboxylic acids is 2. The number of nitrogen functional groups attached to an aromatic ring is 1. The van der Waals surface area contributed by atoms with Crippen LogP contribution in [0.3, 0.4) is 0 Å². The van der Waals surface area contributed by atoms with E-state index in [0.29, 0.717) is 51.0 Å². The number of likely N-dealkylation sites (tertiary alicyclic amines) is 1. The molecule has 2 aliphatic rings. The Hall–Kier alpha value is -3.16. The number of hydrogen-bond acceptors (Lipinski definition) is 5. The van der Waals surface area contributed by atoms with Crippen molar-refractivity contribution >= 4 is 28.8 Å². The predicted molar refractivity (Wildman–Crippen MR) is 111 cm³/mol. The van der Waals surface area contributed by atoms with E-state index in [2.05, 4.69) is 6.58 Å². The third-order valence-electron chi connectivity index (χ3n) is 5.78. The van der Waals surface area contributed by atoms with Gasteiger partial charge >= 0.3 is 0 Å². The monoisotopic (exact) mass is 398 g/mol. The summed E-state index contributed by atoms with van der Waals surface area (Å²) in [6.45, 7) is 7.47. The molecule has 2 N–H and O–H groups in total. The van der Waals surface area contributed by atoms with Crippen LogP contribution in [0.2, 0.25) is 0 Å². The SMILES string of the molecule is C=CC(=O)N1CCC(C(=O)N2CC=C(c3cc(C)c(N)c([N+](=O)[O-])c3)CC2)CC1. The summed E-state index contributed by atoms with van der Waals surface area (Å²) < 4.78 is 0. The number of benzene rings is 1. The van der Waals surface area contributed by atoms with Gasteiger partial charge in [0.25, 0.3) is 5.69 Å². The first-order valence-corrected chi connectivity index (χ1v) is 9.76. The molecule has 1 aromatic carbocycles. The van der Waals surface area contributed by atoms with Crippen LogP contribution >= 0.6 is 0 Å². The number of nitro benzene ring substituents is 1. The maximum absolute atomic E-state index is 12.9. The molecule has 1 aromatic rings. The van der Waals surface area contributed by atoms with Crippen LogP contribution in [0.1, 0.15) is 30.4 Å². The second-order valence-electron chi connectivity index (χ2n) is 7.55. The minimum absolute atomic E-state index is 0.0707. The lowest BCUT2D eigenvalue weighted by Crippen LogP contribution is -2.45. The topological polar surface area (TPSA) is 110 Å². The molecular formula is C21H26N4O4. The van der Waals surface area contributed by atoms with Gasteiger partial charge < -0.3 is 15.5 Å². The Morgan fingerprint density at radius 2 is 1.93 bits per heavy atom. The summed E-state index contributed by atoms with van der Waals surface area (Å²) in [5, 5.41) is 11.2. The van der Waals surface area contributed by atoms with Crippen molar-refractivity contribution in [1.82, 2.24) is 9.80 Å². The van der Waals surface area contributed by atoms with Crippen molar-refractivity contribution in [3.8, 4) is 0 Å². The van der Waals surface area contributed by atoms with E-state index in [1.54, 1.807) is 11.8 Å². The zero-order chi connectivity index (χ0) is 21.1. The van der Waals surface area contributed by atoms with Gasteiger partial charge in [-0.1, -0.05) is 12.7 Å². The Balaban J connectivity index is 1.65. The molecule has 0 saturated carbocycles. The van der Waals surface area contributed by atoms with Gasteiger partial charge in [0.15, 0.2) is 0 Å². The molecular weight excluding hydrogens is 372 g/mol. The molecule has 2 aliphatic heterocycles. The number of nitro groups is 1. The predicted octanol–water partition coefficient (Wildman–Crippen LogP) is 2.53. The first-order valence-electron chi connectivity index (χ1n) is 9.76. The summed E-state index contributed by atoms with van der Waals surface area (Å²) in [6.07, 6.45) is 5.23. The number of nitrogens with two attached hydrogens (primary N) is 1. The lowest BCUT2D eigenvalue weighted by atomic mass is 9.93. The van der Waals surface area contributed by atoms with E-state index in [1.807, 2.05) is 17.0 Å². The first-order chi connectivity index (χ1) is 13.8. The van der Waals surface area contributed by atoms with Crippen LogP contribution in [0.4, 0.5) is 11.4 Å². The van der Waals surface area contributed by atoms with Crippen molar-refractivity contribution in [3.63, 3.8) is 0 Å². The van der Waals surface area contributed by atoms with Crippen LogP contribution in [0, 0.1) is 23.0 Å². The van der Waals surface area contributed by atoms with Gasteiger partial charge in [-0.25, -0.2) is 0 Å². The van der Waals surface area contributed by atoms with Crippen molar-refractivity contribution in [3.05, 3.63) is 52.1 Å². The molecule has 1 saturated heterocycles. The van der Waals surface area contributed by atoms with Crippen molar-refractivity contribution in [1.29, 1.82) is 0 Å². The number of amides is 2. The highest BCUT2D eigenvalue weighted by molar-refractivity contribution is 5.87. The van der Waals surface area contributed by atoms with Crippen LogP contribution in [-0.4, -0.2) is 52.7 Å². The molecule has 0 aromatic heterocycles.